The summed E-state index contributed by atoms with van der Waals surface area (Å²) >= 11 is 0. The summed E-state index contributed by atoms with van der Waals surface area (Å²) in [4.78, 5) is 13.5. The van der Waals surface area contributed by atoms with Gasteiger partial charge in [-0.25, -0.2) is 4.98 Å². The summed E-state index contributed by atoms with van der Waals surface area (Å²) in [6, 6.07) is 12.9. The summed E-state index contributed by atoms with van der Waals surface area (Å²) in [5, 5.41) is 0. The Bertz CT molecular complexity index is 597. The molecule has 1 aliphatic rings. The van der Waals surface area contributed by atoms with Crippen molar-refractivity contribution < 1.29 is 4.74 Å². The number of benzene rings is 1. The van der Waals surface area contributed by atoms with E-state index in [-0.39, 0.29) is 0 Å². The molecule has 0 aliphatic carbocycles. The van der Waals surface area contributed by atoms with Gasteiger partial charge in [0.15, 0.2) is 0 Å². The van der Waals surface area contributed by atoms with Gasteiger partial charge in [0.25, 0.3) is 0 Å². The third-order valence-corrected chi connectivity index (χ3v) is 4.25. The minimum absolute atomic E-state index is 0.439. The predicted octanol–water partition coefficient (Wildman–Crippen LogP) is 2.37. The molecule has 5 nitrogen and oxygen atoms in total. The van der Waals surface area contributed by atoms with Crippen LogP contribution < -0.4 is 9.64 Å². The van der Waals surface area contributed by atoms with Crippen molar-refractivity contribution in [3.63, 3.8) is 0 Å². The molecule has 0 N–H and O–H groups in total. The number of hydrogen-bond donors (Lipinski definition) is 0. The number of piperazine rings is 1. The monoisotopic (exact) mass is 298 g/mol. The molecule has 1 aromatic heterocycles. The molecule has 3 rings (SSSR count). The van der Waals surface area contributed by atoms with Crippen LogP contribution in [0.3, 0.4) is 0 Å². The van der Waals surface area contributed by atoms with Crippen LogP contribution in [0.2, 0.25) is 0 Å². The zero-order valence-corrected chi connectivity index (χ0v) is 13.1. The molecule has 0 radical (unpaired) electrons. The fourth-order valence-corrected chi connectivity index (χ4v) is 2.85. The molecule has 5 heteroatoms. The van der Waals surface area contributed by atoms with E-state index in [2.05, 4.69) is 57.0 Å². The summed E-state index contributed by atoms with van der Waals surface area (Å²) in [6.07, 6.45) is 1.75. The lowest BCUT2D eigenvalue weighted by molar-refractivity contribution is 0.197. The zero-order valence-electron chi connectivity index (χ0n) is 13.1. The average Bonchev–Trinajstić information content (AvgIpc) is 2.62. The first kappa shape index (κ1) is 14.8. The molecule has 22 heavy (non-hydrogen) atoms. The fourth-order valence-electron chi connectivity index (χ4n) is 2.85. The Morgan fingerprint density at radius 3 is 2.45 bits per heavy atom. The van der Waals surface area contributed by atoms with E-state index in [1.54, 1.807) is 19.4 Å². The van der Waals surface area contributed by atoms with Crippen LogP contribution in [-0.2, 0) is 0 Å². The summed E-state index contributed by atoms with van der Waals surface area (Å²) < 4.78 is 5.17. The lowest BCUT2D eigenvalue weighted by Gasteiger charge is -2.38. The van der Waals surface area contributed by atoms with E-state index >= 15 is 0 Å². The van der Waals surface area contributed by atoms with Crippen LogP contribution in [0, 0.1) is 0 Å². The maximum Gasteiger partial charge on any atom is 0.228 e. The minimum atomic E-state index is 0.439. The van der Waals surface area contributed by atoms with Crippen LogP contribution in [0.15, 0.2) is 42.6 Å². The molecule has 1 unspecified atom stereocenters. The van der Waals surface area contributed by atoms with Crippen molar-refractivity contribution in [1.82, 2.24) is 14.9 Å². The Balaban J connectivity index is 1.62. The molecule has 1 fully saturated rings. The number of rotatable bonds is 4. The Morgan fingerprint density at radius 2 is 1.77 bits per heavy atom. The Kier molecular flexibility index (Phi) is 4.53. The lowest BCUT2D eigenvalue weighted by Crippen LogP contribution is -2.47. The van der Waals surface area contributed by atoms with Crippen molar-refractivity contribution in [2.75, 3.05) is 38.2 Å². The molecule has 2 heterocycles. The van der Waals surface area contributed by atoms with Crippen LogP contribution in [-0.4, -0.2) is 48.2 Å². The standard InChI is InChI=1S/C17H22N4O/c1-14(15-6-4-3-5-7-15)20-10-12-21(13-11-20)17-18-9-8-16(19-17)22-2/h3-9,14H,10-13H2,1-2H3. The molecule has 0 bridgehead atoms. The van der Waals surface area contributed by atoms with Gasteiger partial charge >= 0.3 is 0 Å². The quantitative estimate of drug-likeness (QED) is 0.867. The highest BCUT2D eigenvalue weighted by Gasteiger charge is 2.23. The number of nitrogens with zero attached hydrogens (tertiary/aromatic N) is 4. The first-order valence-electron chi connectivity index (χ1n) is 7.69. The second-order valence-corrected chi connectivity index (χ2v) is 5.51. The van der Waals surface area contributed by atoms with Gasteiger partial charge in [0.1, 0.15) is 0 Å². The van der Waals surface area contributed by atoms with E-state index in [0.29, 0.717) is 11.9 Å². The van der Waals surface area contributed by atoms with Gasteiger partial charge in [-0.1, -0.05) is 30.3 Å². The number of aromatic nitrogens is 2. The summed E-state index contributed by atoms with van der Waals surface area (Å²) in [5.74, 6) is 1.37. The Labute approximate surface area is 131 Å². The van der Waals surface area contributed by atoms with E-state index < -0.39 is 0 Å². The van der Waals surface area contributed by atoms with Crippen molar-refractivity contribution in [2.45, 2.75) is 13.0 Å². The number of anilines is 1. The molecule has 1 saturated heterocycles. The van der Waals surface area contributed by atoms with Crippen molar-refractivity contribution in [1.29, 1.82) is 0 Å². The summed E-state index contributed by atoms with van der Waals surface area (Å²) in [5.41, 5.74) is 1.37. The van der Waals surface area contributed by atoms with Gasteiger partial charge in [-0.15, -0.1) is 0 Å². The Morgan fingerprint density at radius 1 is 1.05 bits per heavy atom. The highest BCUT2D eigenvalue weighted by atomic mass is 16.5. The molecule has 1 aliphatic heterocycles. The maximum absolute atomic E-state index is 5.17. The van der Waals surface area contributed by atoms with Crippen LogP contribution in [0.25, 0.3) is 0 Å². The number of ether oxygens (including phenoxy) is 1. The van der Waals surface area contributed by atoms with Crippen LogP contribution >= 0.6 is 0 Å². The molecular formula is C17H22N4O. The van der Waals surface area contributed by atoms with Gasteiger partial charge in [0.2, 0.25) is 11.8 Å². The van der Waals surface area contributed by atoms with E-state index in [9.17, 15) is 0 Å². The second-order valence-electron chi connectivity index (χ2n) is 5.51. The van der Waals surface area contributed by atoms with Crippen LogP contribution in [0.1, 0.15) is 18.5 Å². The van der Waals surface area contributed by atoms with Crippen LogP contribution in [0.5, 0.6) is 5.88 Å². The van der Waals surface area contributed by atoms with Gasteiger partial charge in [-0.2, -0.15) is 4.98 Å². The van der Waals surface area contributed by atoms with Gasteiger partial charge < -0.3 is 9.64 Å². The molecule has 1 atom stereocenters. The molecule has 116 valence electrons. The smallest absolute Gasteiger partial charge is 0.228 e. The van der Waals surface area contributed by atoms with Gasteiger partial charge in [-0.3, -0.25) is 4.90 Å². The topological polar surface area (TPSA) is 41.5 Å². The third kappa shape index (κ3) is 3.20. The van der Waals surface area contributed by atoms with Crippen molar-refractivity contribution >= 4 is 5.95 Å². The Hall–Kier alpha value is -2.14. The SMILES string of the molecule is COc1ccnc(N2CCN(C(C)c3ccccc3)CC2)n1. The molecule has 0 spiro atoms. The molecule has 2 aromatic rings. The van der Waals surface area contributed by atoms with Gasteiger partial charge in [0, 0.05) is 44.5 Å². The summed E-state index contributed by atoms with van der Waals surface area (Å²) in [6.45, 7) is 6.16. The summed E-state index contributed by atoms with van der Waals surface area (Å²) in [7, 11) is 1.63. The normalized spacial score (nSPS) is 17.3. The fraction of sp³-hybridized carbons (Fsp3) is 0.412. The minimum Gasteiger partial charge on any atom is -0.481 e. The van der Waals surface area contributed by atoms with Crippen molar-refractivity contribution in [3.05, 3.63) is 48.2 Å². The molecule has 1 aromatic carbocycles. The molecular weight excluding hydrogens is 276 g/mol. The highest BCUT2D eigenvalue weighted by molar-refractivity contribution is 5.33. The van der Waals surface area contributed by atoms with Gasteiger partial charge in [-0.05, 0) is 12.5 Å². The second kappa shape index (κ2) is 6.75. The van der Waals surface area contributed by atoms with E-state index in [0.717, 1.165) is 32.1 Å². The van der Waals surface area contributed by atoms with Crippen molar-refractivity contribution in [2.24, 2.45) is 0 Å². The van der Waals surface area contributed by atoms with E-state index in [1.165, 1.54) is 5.56 Å². The third-order valence-electron chi connectivity index (χ3n) is 4.25. The largest absolute Gasteiger partial charge is 0.481 e. The molecule has 0 saturated carbocycles. The lowest BCUT2D eigenvalue weighted by atomic mass is 10.1. The first-order chi connectivity index (χ1) is 10.8. The number of hydrogen-bond acceptors (Lipinski definition) is 5. The predicted molar refractivity (Wildman–Crippen MR) is 87.2 cm³/mol. The first-order valence-corrected chi connectivity index (χ1v) is 7.69. The van der Waals surface area contributed by atoms with Crippen LogP contribution in [0.4, 0.5) is 5.95 Å². The average molecular weight is 298 g/mol. The number of methoxy groups -OCH3 is 1. The van der Waals surface area contributed by atoms with E-state index in [1.807, 2.05) is 0 Å². The van der Waals surface area contributed by atoms with Gasteiger partial charge in [0.05, 0.1) is 7.11 Å². The maximum atomic E-state index is 5.17. The molecule has 0 amide bonds. The van der Waals surface area contributed by atoms with E-state index in [4.69, 9.17) is 4.74 Å². The zero-order chi connectivity index (χ0) is 15.4. The van der Waals surface area contributed by atoms with Crippen molar-refractivity contribution in [3.8, 4) is 5.88 Å². The highest BCUT2D eigenvalue weighted by Crippen LogP contribution is 2.22.